The van der Waals surface area contributed by atoms with Gasteiger partial charge in [0.25, 0.3) is 0 Å². The van der Waals surface area contributed by atoms with Gasteiger partial charge in [0.2, 0.25) is 15.9 Å². The van der Waals surface area contributed by atoms with E-state index in [2.05, 4.69) is 17.1 Å². The van der Waals surface area contributed by atoms with Crippen molar-refractivity contribution in [3.8, 4) is 0 Å². The lowest BCUT2D eigenvalue weighted by molar-refractivity contribution is -0.121. The van der Waals surface area contributed by atoms with Crippen LogP contribution in [-0.4, -0.2) is 32.3 Å². The van der Waals surface area contributed by atoms with Crippen LogP contribution in [0.4, 0.5) is 5.69 Å². The van der Waals surface area contributed by atoms with Crippen LogP contribution in [0, 0.1) is 5.92 Å². The first kappa shape index (κ1) is 20.8. The van der Waals surface area contributed by atoms with Crippen molar-refractivity contribution in [1.29, 1.82) is 0 Å². The average molecular weight is 422 g/mol. The molecule has 0 bridgehead atoms. The van der Waals surface area contributed by atoms with E-state index in [4.69, 9.17) is 16.7 Å². The zero-order chi connectivity index (χ0) is 20.3. The number of halogens is 1. The van der Waals surface area contributed by atoms with Crippen molar-refractivity contribution < 1.29 is 13.2 Å². The molecule has 1 saturated heterocycles. The minimum Gasteiger partial charge on any atom is -0.326 e. The number of anilines is 1. The quantitative estimate of drug-likeness (QED) is 0.773. The maximum Gasteiger partial charge on any atom is 0.238 e. The number of amides is 1. The number of nitrogens with zero attached hydrogens (tertiary/aromatic N) is 1. The molecule has 1 aliphatic rings. The van der Waals surface area contributed by atoms with Gasteiger partial charge in [0.05, 0.1) is 4.90 Å². The van der Waals surface area contributed by atoms with E-state index in [-0.39, 0.29) is 22.8 Å². The molecule has 3 N–H and O–H groups in total. The lowest BCUT2D eigenvalue weighted by Crippen LogP contribution is -2.39. The summed E-state index contributed by atoms with van der Waals surface area (Å²) in [5.74, 6) is -0.103. The van der Waals surface area contributed by atoms with Gasteiger partial charge in [-0.2, -0.15) is 0 Å². The Hall–Kier alpha value is -1.93. The van der Waals surface area contributed by atoms with Gasteiger partial charge in [-0.05, 0) is 74.8 Å². The predicted molar refractivity (Wildman–Crippen MR) is 111 cm³/mol. The Morgan fingerprint density at radius 2 is 1.68 bits per heavy atom. The summed E-state index contributed by atoms with van der Waals surface area (Å²) in [6, 6.07) is 14.0. The maximum atomic E-state index is 12.5. The Labute approximate surface area is 170 Å². The summed E-state index contributed by atoms with van der Waals surface area (Å²) in [7, 11) is -3.73. The van der Waals surface area contributed by atoms with Gasteiger partial charge >= 0.3 is 0 Å². The third kappa shape index (κ3) is 5.11. The molecule has 1 fully saturated rings. The van der Waals surface area contributed by atoms with Crippen LogP contribution in [0.5, 0.6) is 0 Å². The van der Waals surface area contributed by atoms with Crippen LogP contribution in [0.25, 0.3) is 0 Å². The number of carbonyl (C=O) groups excluding carboxylic acids is 1. The van der Waals surface area contributed by atoms with E-state index < -0.39 is 10.0 Å². The molecule has 1 heterocycles. The third-order valence-corrected chi connectivity index (χ3v) is 6.43. The molecule has 6 nitrogen and oxygen atoms in total. The fourth-order valence-electron chi connectivity index (χ4n) is 3.47. The second-order valence-corrected chi connectivity index (χ2v) is 9.09. The zero-order valence-electron chi connectivity index (χ0n) is 15.6. The molecule has 1 atom stereocenters. The molecule has 150 valence electrons. The standard InChI is InChI=1S/C20H24ClN3O3S/c1-14(15-2-4-17(21)5-3-15)24-12-10-16(11-13-24)20(25)23-18-6-8-19(9-7-18)28(22,26)27/h2-9,14,16H,10-13H2,1H3,(H,23,25)(H2,22,26,27). The van der Waals surface area contributed by atoms with Crippen LogP contribution < -0.4 is 10.5 Å². The molecule has 0 radical (unpaired) electrons. The van der Waals surface area contributed by atoms with Crippen molar-refractivity contribution in [2.75, 3.05) is 18.4 Å². The van der Waals surface area contributed by atoms with E-state index in [9.17, 15) is 13.2 Å². The van der Waals surface area contributed by atoms with Crippen LogP contribution in [0.1, 0.15) is 31.4 Å². The minimum absolute atomic E-state index is 0.0231. The Bertz CT molecular complexity index is 922. The number of hydrogen-bond donors (Lipinski definition) is 2. The first-order chi connectivity index (χ1) is 13.2. The van der Waals surface area contributed by atoms with Crippen LogP contribution in [0.15, 0.2) is 53.4 Å². The number of hydrogen-bond acceptors (Lipinski definition) is 4. The highest BCUT2D eigenvalue weighted by atomic mass is 35.5. The molecule has 1 amide bonds. The van der Waals surface area contributed by atoms with Gasteiger partial charge in [0.1, 0.15) is 0 Å². The molecule has 28 heavy (non-hydrogen) atoms. The molecule has 2 aromatic carbocycles. The lowest BCUT2D eigenvalue weighted by atomic mass is 9.93. The minimum atomic E-state index is -3.73. The van der Waals surface area contributed by atoms with E-state index in [1.165, 1.54) is 17.7 Å². The molecule has 0 aliphatic carbocycles. The van der Waals surface area contributed by atoms with Gasteiger partial charge in [-0.1, -0.05) is 23.7 Å². The highest BCUT2D eigenvalue weighted by Crippen LogP contribution is 2.28. The summed E-state index contributed by atoms with van der Waals surface area (Å²) in [6.07, 6.45) is 1.55. The molecular weight excluding hydrogens is 398 g/mol. The van der Waals surface area contributed by atoms with E-state index in [1.807, 2.05) is 24.3 Å². The van der Waals surface area contributed by atoms with Gasteiger partial charge in [0, 0.05) is 22.7 Å². The lowest BCUT2D eigenvalue weighted by Gasteiger charge is -2.35. The number of benzene rings is 2. The van der Waals surface area contributed by atoms with E-state index in [0.717, 1.165) is 31.0 Å². The summed E-state index contributed by atoms with van der Waals surface area (Å²) in [5, 5.41) is 8.68. The van der Waals surface area contributed by atoms with Crippen molar-refractivity contribution >= 4 is 33.2 Å². The average Bonchev–Trinajstić information content (AvgIpc) is 2.68. The molecule has 1 unspecified atom stereocenters. The van der Waals surface area contributed by atoms with E-state index >= 15 is 0 Å². The van der Waals surface area contributed by atoms with Gasteiger partial charge in [0.15, 0.2) is 0 Å². The Kier molecular flexibility index (Phi) is 6.40. The third-order valence-electron chi connectivity index (χ3n) is 5.25. The second-order valence-electron chi connectivity index (χ2n) is 7.10. The second kappa shape index (κ2) is 8.61. The number of sulfonamides is 1. The van der Waals surface area contributed by atoms with Gasteiger partial charge in [-0.3, -0.25) is 9.69 Å². The van der Waals surface area contributed by atoms with Gasteiger partial charge in [-0.25, -0.2) is 13.6 Å². The SMILES string of the molecule is CC(c1ccc(Cl)cc1)N1CCC(C(=O)Nc2ccc(S(N)(=O)=O)cc2)CC1. The summed E-state index contributed by atoms with van der Waals surface area (Å²) >= 11 is 5.96. The number of rotatable bonds is 5. The highest BCUT2D eigenvalue weighted by Gasteiger charge is 2.27. The van der Waals surface area contributed by atoms with Crippen LogP contribution in [0.3, 0.4) is 0 Å². The molecule has 0 spiro atoms. The van der Waals surface area contributed by atoms with Crippen molar-refractivity contribution in [1.82, 2.24) is 4.90 Å². The molecule has 8 heteroatoms. The molecule has 2 aromatic rings. The number of carbonyl (C=O) groups is 1. The van der Waals surface area contributed by atoms with Crippen LogP contribution >= 0.6 is 11.6 Å². The largest absolute Gasteiger partial charge is 0.326 e. The molecule has 3 rings (SSSR count). The van der Waals surface area contributed by atoms with Crippen molar-refractivity contribution in [3.05, 3.63) is 59.1 Å². The number of primary sulfonamides is 1. The number of nitrogens with two attached hydrogens (primary N) is 1. The van der Waals surface area contributed by atoms with Crippen LogP contribution in [-0.2, 0) is 14.8 Å². The summed E-state index contributed by atoms with van der Waals surface area (Å²) in [6.45, 7) is 3.84. The van der Waals surface area contributed by atoms with E-state index in [0.29, 0.717) is 5.69 Å². The molecular formula is C20H24ClN3O3S. The zero-order valence-corrected chi connectivity index (χ0v) is 17.2. The van der Waals surface area contributed by atoms with Crippen LogP contribution in [0.2, 0.25) is 5.02 Å². The van der Waals surface area contributed by atoms with Crippen molar-refractivity contribution in [3.63, 3.8) is 0 Å². The summed E-state index contributed by atoms with van der Waals surface area (Å²) in [4.78, 5) is 14.9. The van der Waals surface area contributed by atoms with Gasteiger partial charge < -0.3 is 5.32 Å². The summed E-state index contributed by atoms with van der Waals surface area (Å²) < 4.78 is 22.6. The normalized spacial score (nSPS) is 17.2. The fraction of sp³-hybridized carbons (Fsp3) is 0.350. The maximum absolute atomic E-state index is 12.5. The summed E-state index contributed by atoms with van der Waals surface area (Å²) in [5.41, 5.74) is 1.77. The Morgan fingerprint density at radius 3 is 2.21 bits per heavy atom. The Balaban J connectivity index is 1.54. The number of nitrogens with one attached hydrogen (secondary N) is 1. The predicted octanol–water partition coefficient (Wildman–Crippen LogP) is 3.40. The smallest absolute Gasteiger partial charge is 0.238 e. The van der Waals surface area contributed by atoms with E-state index in [1.54, 1.807) is 12.1 Å². The van der Waals surface area contributed by atoms with Crippen molar-refractivity contribution in [2.45, 2.75) is 30.7 Å². The number of likely N-dealkylation sites (tertiary alicyclic amines) is 1. The first-order valence-corrected chi connectivity index (χ1v) is 11.1. The number of piperidine rings is 1. The highest BCUT2D eigenvalue weighted by molar-refractivity contribution is 7.89. The topological polar surface area (TPSA) is 92.5 Å². The Morgan fingerprint density at radius 1 is 1.11 bits per heavy atom. The monoisotopic (exact) mass is 421 g/mol. The molecule has 0 aromatic heterocycles. The molecule has 1 aliphatic heterocycles. The molecule has 0 saturated carbocycles. The van der Waals surface area contributed by atoms with Crippen molar-refractivity contribution in [2.24, 2.45) is 11.1 Å². The first-order valence-electron chi connectivity index (χ1n) is 9.17. The van der Waals surface area contributed by atoms with Gasteiger partial charge in [-0.15, -0.1) is 0 Å². The fourth-order valence-corrected chi connectivity index (χ4v) is 4.11.